The number of anilines is 1. The SMILES string of the molecule is CCOc1ccccc1/C=C/C(=O)Oc1ccc(C(=O)Nc2ccc(C)cc2C)cc1. The molecule has 1 amide bonds. The molecule has 158 valence electrons. The van der Waals surface area contributed by atoms with Crippen molar-refractivity contribution >= 4 is 23.6 Å². The summed E-state index contributed by atoms with van der Waals surface area (Å²) in [6, 6.07) is 19.7. The van der Waals surface area contributed by atoms with E-state index in [9.17, 15) is 9.59 Å². The molecule has 3 rings (SSSR count). The van der Waals surface area contributed by atoms with Crippen LogP contribution in [0.3, 0.4) is 0 Å². The number of aryl methyl sites for hydroxylation is 2. The highest BCUT2D eigenvalue weighted by molar-refractivity contribution is 6.04. The quantitative estimate of drug-likeness (QED) is 0.311. The van der Waals surface area contributed by atoms with Crippen molar-refractivity contribution in [2.75, 3.05) is 11.9 Å². The zero-order chi connectivity index (χ0) is 22.2. The van der Waals surface area contributed by atoms with Crippen molar-refractivity contribution in [3.8, 4) is 11.5 Å². The van der Waals surface area contributed by atoms with Gasteiger partial charge in [-0.25, -0.2) is 4.79 Å². The van der Waals surface area contributed by atoms with Gasteiger partial charge in [0.15, 0.2) is 0 Å². The Labute approximate surface area is 182 Å². The van der Waals surface area contributed by atoms with Gasteiger partial charge < -0.3 is 14.8 Å². The molecule has 0 aliphatic carbocycles. The molecular formula is C26H25NO4. The van der Waals surface area contributed by atoms with E-state index in [-0.39, 0.29) is 5.91 Å². The molecule has 0 atom stereocenters. The van der Waals surface area contributed by atoms with Gasteiger partial charge in [-0.15, -0.1) is 0 Å². The Morgan fingerprint density at radius 3 is 2.42 bits per heavy atom. The van der Waals surface area contributed by atoms with Crippen LogP contribution in [0.4, 0.5) is 5.69 Å². The molecule has 0 aliphatic rings. The lowest BCUT2D eigenvalue weighted by molar-refractivity contribution is -0.128. The Hall–Kier alpha value is -3.86. The maximum atomic E-state index is 12.5. The number of carbonyl (C=O) groups is 2. The molecule has 0 saturated carbocycles. The number of ether oxygens (including phenoxy) is 2. The first kappa shape index (κ1) is 21.8. The normalized spacial score (nSPS) is 10.7. The number of benzene rings is 3. The van der Waals surface area contributed by atoms with Gasteiger partial charge in [0.05, 0.1) is 6.61 Å². The second-order valence-electron chi connectivity index (χ2n) is 7.02. The number of hydrogen-bond donors (Lipinski definition) is 1. The van der Waals surface area contributed by atoms with E-state index >= 15 is 0 Å². The lowest BCUT2D eigenvalue weighted by atomic mass is 10.1. The summed E-state index contributed by atoms with van der Waals surface area (Å²) in [6.45, 7) is 6.40. The van der Waals surface area contributed by atoms with Crippen molar-refractivity contribution in [1.82, 2.24) is 0 Å². The van der Waals surface area contributed by atoms with Crippen LogP contribution in [0.5, 0.6) is 11.5 Å². The Balaban J connectivity index is 1.61. The third kappa shape index (κ3) is 6.06. The van der Waals surface area contributed by atoms with Crippen LogP contribution in [-0.2, 0) is 4.79 Å². The molecule has 0 aromatic heterocycles. The van der Waals surface area contributed by atoms with E-state index in [0.717, 1.165) is 22.4 Å². The van der Waals surface area contributed by atoms with Crippen molar-refractivity contribution < 1.29 is 19.1 Å². The van der Waals surface area contributed by atoms with Gasteiger partial charge in [-0.05, 0) is 68.8 Å². The van der Waals surface area contributed by atoms with Crippen molar-refractivity contribution in [1.29, 1.82) is 0 Å². The largest absolute Gasteiger partial charge is 0.493 e. The molecule has 0 fully saturated rings. The van der Waals surface area contributed by atoms with E-state index in [1.165, 1.54) is 6.08 Å². The van der Waals surface area contributed by atoms with Crippen LogP contribution in [0.1, 0.15) is 34.0 Å². The van der Waals surface area contributed by atoms with Crippen molar-refractivity contribution in [3.05, 3.63) is 95.1 Å². The van der Waals surface area contributed by atoms with Crippen LogP contribution in [0.25, 0.3) is 6.08 Å². The van der Waals surface area contributed by atoms with Crippen LogP contribution in [0, 0.1) is 13.8 Å². The summed E-state index contributed by atoms with van der Waals surface area (Å²) >= 11 is 0. The Morgan fingerprint density at radius 2 is 1.71 bits per heavy atom. The van der Waals surface area contributed by atoms with Crippen LogP contribution in [0.2, 0.25) is 0 Å². The van der Waals surface area contributed by atoms with E-state index in [2.05, 4.69) is 5.32 Å². The van der Waals surface area contributed by atoms with Gasteiger partial charge >= 0.3 is 5.97 Å². The van der Waals surface area contributed by atoms with Gasteiger partial charge in [-0.2, -0.15) is 0 Å². The van der Waals surface area contributed by atoms with E-state index in [4.69, 9.17) is 9.47 Å². The molecular weight excluding hydrogens is 390 g/mol. The van der Waals surface area contributed by atoms with E-state index in [1.54, 1.807) is 30.3 Å². The number of esters is 1. The predicted molar refractivity (Wildman–Crippen MR) is 123 cm³/mol. The highest BCUT2D eigenvalue weighted by Crippen LogP contribution is 2.20. The summed E-state index contributed by atoms with van der Waals surface area (Å²) in [5, 5.41) is 2.90. The zero-order valence-corrected chi connectivity index (χ0v) is 17.8. The number of hydrogen-bond acceptors (Lipinski definition) is 4. The molecule has 31 heavy (non-hydrogen) atoms. The van der Waals surface area contributed by atoms with Crippen LogP contribution < -0.4 is 14.8 Å². The third-order valence-corrected chi connectivity index (χ3v) is 4.58. The average molecular weight is 415 g/mol. The summed E-state index contributed by atoms with van der Waals surface area (Å²) in [5.41, 5.74) is 4.16. The summed E-state index contributed by atoms with van der Waals surface area (Å²) in [6.07, 6.45) is 3.00. The maximum Gasteiger partial charge on any atom is 0.336 e. The first-order chi connectivity index (χ1) is 15.0. The smallest absolute Gasteiger partial charge is 0.336 e. The third-order valence-electron chi connectivity index (χ3n) is 4.58. The van der Waals surface area contributed by atoms with Crippen LogP contribution in [-0.4, -0.2) is 18.5 Å². The molecule has 0 heterocycles. The Bertz CT molecular complexity index is 1100. The van der Waals surface area contributed by atoms with E-state index in [0.29, 0.717) is 23.7 Å². The summed E-state index contributed by atoms with van der Waals surface area (Å²) in [5.74, 6) is 0.320. The molecule has 3 aromatic rings. The minimum absolute atomic E-state index is 0.225. The fourth-order valence-electron chi connectivity index (χ4n) is 3.04. The number of rotatable bonds is 7. The number of para-hydroxylation sites is 1. The molecule has 0 unspecified atom stereocenters. The molecule has 1 N–H and O–H groups in total. The van der Waals surface area contributed by atoms with Crippen molar-refractivity contribution in [3.63, 3.8) is 0 Å². The van der Waals surface area contributed by atoms with Crippen molar-refractivity contribution in [2.24, 2.45) is 0 Å². The number of nitrogens with one attached hydrogen (secondary N) is 1. The Kier molecular flexibility index (Phi) is 7.22. The minimum atomic E-state index is -0.515. The van der Waals surface area contributed by atoms with Crippen LogP contribution >= 0.6 is 0 Å². The first-order valence-corrected chi connectivity index (χ1v) is 10.1. The molecule has 0 spiro atoms. The van der Waals surface area contributed by atoms with E-state index < -0.39 is 5.97 Å². The summed E-state index contributed by atoms with van der Waals surface area (Å²) < 4.78 is 10.9. The first-order valence-electron chi connectivity index (χ1n) is 10.1. The van der Waals surface area contributed by atoms with Gasteiger partial charge in [0.2, 0.25) is 0 Å². The summed E-state index contributed by atoms with van der Waals surface area (Å²) in [4.78, 5) is 24.6. The molecule has 0 radical (unpaired) electrons. The average Bonchev–Trinajstić information content (AvgIpc) is 2.76. The zero-order valence-electron chi connectivity index (χ0n) is 17.8. The van der Waals surface area contributed by atoms with Gasteiger partial charge in [0.1, 0.15) is 11.5 Å². The second-order valence-corrected chi connectivity index (χ2v) is 7.02. The lowest BCUT2D eigenvalue weighted by Crippen LogP contribution is -2.13. The standard InChI is InChI=1S/C26H25NO4/c1-4-30-24-8-6-5-7-20(24)12-16-25(28)31-22-13-10-21(11-14-22)26(29)27-23-15-9-18(2)17-19(23)3/h5-17H,4H2,1-3H3,(H,27,29)/b16-12+. The molecule has 5 nitrogen and oxygen atoms in total. The Morgan fingerprint density at radius 1 is 0.968 bits per heavy atom. The summed E-state index contributed by atoms with van der Waals surface area (Å²) in [7, 11) is 0. The highest BCUT2D eigenvalue weighted by Gasteiger charge is 2.09. The predicted octanol–water partition coefficient (Wildman–Crippen LogP) is 5.57. The molecule has 3 aromatic carbocycles. The molecule has 0 bridgehead atoms. The second kappa shape index (κ2) is 10.3. The van der Waals surface area contributed by atoms with Crippen molar-refractivity contribution in [2.45, 2.75) is 20.8 Å². The van der Waals surface area contributed by atoms with Gasteiger partial charge in [0, 0.05) is 22.9 Å². The monoisotopic (exact) mass is 415 g/mol. The van der Waals surface area contributed by atoms with Crippen LogP contribution in [0.15, 0.2) is 72.8 Å². The van der Waals surface area contributed by atoms with Gasteiger partial charge in [0.25, 0.3) is 5.91 Å². The highest BCUT2D eigenvalue weighted by atomic mass is 16.5. The maximum absolute atomic E-state index is 12.5. The minimum Gasteiger partial charge on any atom is -0.493 e. The molecule has 0 saturated heterocycles. The lowest BCUT2D eigenvalue weighted by Gasteiger charge is -2.09. The number of amides is 1. The topological polar surface area (TPSA) is 64.6 Å². The van der Waals surface area contributed by atoms with E-state index in [1.807, 2.05) is 63.2 Å². The van der Waals surface area contributed by atoms with Gasteiger partial charge in [-0.3, -0.25) is 4.79 Å². The molecule has 0 aliphatic heterocycles. The number of carbonyl (C=O) groups excluding carboxylic acids is 2. The van der Waals surface area contributed by atoms with Gasteiger partial charge in [-0.1, -0.05) is 35.9 Å². The fraction of sp³-hybridized carbons (Fsp3) is 0.154. The fourth-order valence-corrected chi connectivity index (χ4v) is 3.04. The molecule has 5 heteroatoms.